The topological polar surface area (TPSA) is 85.9 Å². The predicted octanol–water partition coefficient (Wildman–Crippen LogP) is 3.74. The zero-order valence-corrected chi connectivity index (χ0v) is 22.0. The molecule has 0 radical (unpaired) electrons. The van der Waals surface area contributed by atoms with Crippen molar-refractivity contribution in [2.24, 2.45) is 5.92 Å². The number of hydrogen-bond acceptors (Lipinski definition) is 5. The monoisotopic (exact) mass is 510 g/mol. The molecular formula is C27H35N4O4P. The number of carbonyl (C=O) groups excluding carboxylic acids is 1. The van der Waals surface area contributed by atoms with Crippen LogP contribution in [0.3, 0.4) is 0 Å². The summed E-state index contributed by atoms with van der Waals surface area (Å²) in [5, 5.41) is 1.56. The second-order valence-electron chi connectivity index (χ2n) is 10.1. The molecule has 1 N–H and O–H groups in total. The molecule has 2 unspecified atom stereocenters. The van der Waals surface area contributed by atoms with Gasteiger partial charge in [-0.15, -0.1) is 0 Å². The molecule has 2 atom stereocenters. The van der Waals surface area contributed by atoms with Crippen molar-refractivity contribution < 1.29 is 13.9 Å². The van der Waals surface area contributed by atoms with Gasteiger partial charge in [0.15, 0.2) is 0 Å². The maximum Gasteiger partial charge on any atom is 0.316 e. The van der Waals surface area contributed by atoms with Gasteiger partial charge in [-0.3, -0.25) is 14.2 Å². The first-order chi connectivity index (χ1) is 17.3. The number of carbonyl (C=O) groups is 1. The Morgan fingerprint density at radius 2 is 1.86 bits per heavy atom. The van der Waals surface area contributed by atoms with E-state index in [4.69, 9.17) is 4.52 Å². The highest BCUT2D eigenvalue weighted by molar-refractivity contribution is 7.55. The zero-order chi connectivity index (χ0) is 25.3. The first-order valence-electron chi connectivity index (χ1n) is 12.8. The number of hydrogen-bond donors (Lipinski definition) is 1. The summed E-state index contributed by atoms with van der Waals surface area (Å²) in [5.74, 6) is 0.781. The van der Waals surface area contributed by atoms with Gasteiger partial charge in [0, 0.05) is 69.9 Å². The number of nitrogens with one attached hydrogen (secondary N) is 1. The minimum absolute atomic E-state index is 0.0791. The van der Waals surface area contributed by atoms with E-state index in [1.54, 1.807) is 6.66 Å². The SMILES string of the molecule is CN1CCN(C(=O)C2/C=C\C/C(OP(C)(=O)N3CCc4[nH]c(=O)c5ccccc5c4C3)=C\CC2)CC1. The molecule has 1 saturated heterocycles. The Morgan fingerprint density at radius 3 is 2.64 bits per heavy atom. The van der Waals surface area contributed by atoms with Gasteiger partial charge >= 0.3 is 7.52 Å². The van der Waals surface area contributed by atoms with Crippen LogP contribution in [0.15, 0.2) is 53.0 Å². The number of pyridine rings is 1. The molecule has 0 saturated carbocycles. The standard InChI is InChI=1S/C27H35N4O4P/c1-29-15-17-30(18-16-29)27(33)20-7-5-9-21(10-6-8-20)35-36(2,34)31-14-13-25-24(19-31)22-11-3-4-12-23(22)26(32)28-25/h3-5,7,10-12,20H,6,8-9,13-19H2,1-2H3,(H,28,32)/b7-5-,21-10+. The summed E-state index contributed by atoms with van der Waals surface area (Å²) >= 11 is 0. The molecule has 0 spiro atoms. The quantitative estimate of drug-likeness (QED) is 0.498. The van der Waals surface area contributed by atoms with Crippen molar-refractivity contribution in [2.75, 3.05) is 46.4 Å². The number of amides is 1. The number of fused-ring (bicyclic) bond motifs is 3. The van der Waals surface area contributed by atoms with Gasteiger partial charge in [0.05, 0.1) is 5.92 Å². The van der Waals surface area contributed by atoms with Crippen molar-refractivity contribution in [3.8, 4) is 0 Å². The number of H-pyrrole nitrogens is 1. The maximum absolute atomic E-state index is 13.8. The molecule has 8 nitrogen and oxygen atoms in total. The van der Waals surface area contributed by atoms with E-state index in [1.807, 2.05) is 52.1 Å². The van der Waals surface area contributed by atoms with E-state index in [9.17, 15) is 14.2 Å². The third kappa shape index (κ3) is 5.22. The molecule has 192 valence electrons. The Bertz CT molecular complexity index is 1310. The van der Waals surface area contributed by atoms with Crippen LogP contribution in [-0.2, 0) is 26.8 Å². The van der Waals surface area contributed by atoms with E-state index in [1.165, 1.54) is 0 Å². The molecule has 1 aromatic heterocycles. The molecule has 2 aromatic rings. The Morgan fingerprint density at radius 1 is 1.11 bits per heavy atom. The fourth-order valence-electron chi connectivity index (χ4n) is 5.36. The Hall–Kier alpha value is -2.67. The number of piperazine rings is 1. The van der Waals surface area contributed by atoms with Crippen molar-refractivity contribution in [2.45, 2.75) is 32.2 Å². The predicted molar refractivity (Wildman–Crippen MR) is 142 cm³/mol. The van der Waals surface area contributed by atoms with Crippen molar-refractivity contribution in [1.82, 2.24) is 19.5 Å². The van der Waals surface area contributed by atoms with E-state index < -0.39 is 7.52 Å². The van der Waals surface area contributed by atoms with Gasteiger partial charge in [0.2, 0.25) is 5.91 Å². The van der Waals surface area contributed by atoms with E-state index in [2.05, 4.69) is 16.9 Å². The Balaban J connectivity index is 1.24. The highest BCUT2D eigenvalue weighted by atomic mass is 31.2. The van der Waals surface area contributed by atoms with Crippen molar-refractivity contribution in [3.05, 3.63) is 69.9 Å². The van der Waals surface area contributed by atoms with Crippen LogP contribution in [0.2, 0.25) is 0 Å². The summed E-state index contributed by atoms with van der Waals surface area (Å²) < 4.78 is 21.8. The first-order valence-corrected chi connectivity index (χ1v) is 14.8. The number of likely N-dealkylation sites (N-methyl/N-ethyl adjacent to an activating group) is 1. The normalized spacial score (nSPS) is 25.7. The molecule has 3 heterocycles. The maximum atomic E-state index is 13.8. The van der Waals surface area contributed by atoms with Gasteiger partial charge in [-0.25, -0.2) is 4.67 Å². The van der Waals surface area contributed by atoms with E-state index in [0.29, 0.717) is 43.5 Å². The molecule has 1 aliphatic carbocycles. The van der Waals surface area contributed by atoms with Gasteiger partial charge in [-0.05, 0) is 43.0 Å². The lowest BCUT2D eigenvalue weighted by Crippen LogP contribution is -2.48. The first kappa shape index (κ1) is 25.0. The molecule has 0 bridgehead atoms. The molecule has 5 rings (SSSR count). The van der Waals surface area contributed by atoms with Gasteiger partial charge in [-0.1, -0.05) is 30.4 Å². The number of nitrogens with zero attached hydrogens (tertiary/aromatic N) is 3. The Kier molecular flexibility index (Phi) is 7.20. The minimum Gasteiger partial charge on any atom is -0.437 e. The molecule has 2 aliphatic heterocycles. The Labute approximate surface area is 212 Å². The number of rotatable bonds is 4. The van der Waals surface area contributed by atoms with Crippen molar-refractivity contribution in [3.63, 3.8) is 0 Å². The fraction of sp³-hybridized carbons (Fsp3) is 0.481. The smallest absolute Gasteiger partial charge is 0.316 e. The van der Waals surface area contributed by atoms with E-state index in [-0.39, 0.29) is 17.4 Å². The average molecular weight is 511 g/mol. The van der Waals surface area contributed by atoms with E-state index in [0.717, 1.165) is 49.2 Å². The molecule has 1 fully saturated rings. The lowest BCUT2D eigenvalue weighted by atomic mass is 9.97. The van der Waals surface area contributed by atoms with Crippen LogP contribution in [0, 0.1) is 5.92 Å². The van der Waals surface area contributed by atoms with Gasteiger partial charge in [-0.2, -0.15) is 0 Å². The second kappa shape index (κ2) is 10.4. The lowest BCUT2D eigenvalue weighted by molar-refractivity contribution is -0.135. The van der Waals surface area contributed by atoms with Crippen molar-refractivity contribution >= 4 is 24.2 Å². The van der Waals surface area contributed by atoms with Crippen molar-refractivity contribution in [1.29, 1.82) is 0 Å². The summed E-state index contributed by atoms with van der Waals surface area (Å²) in [7, 11) is -1.03. The van der Waals surface area contributed by atoms with Crippen LogP contribution in [0.4, 0.5) is 0 Å². The van der Waals surface area contributed by atoms with E-state index >= 15 is 0 Å². The highest BCUT2D eigenvalue weighted by Gasteiger charge is 2.33. The summed E-state index contributed by atoms with van der Waals surface area (Å²) in [6.45, 7) is 6.09. The number of benzene rings is 1. The van der Waals surface area contributed by atoms with Gasteiger partial charge in [0.25, 0.3) is 5.56 Å². The summed E-state index contributed by atoms with van der Waals surface area (Å²) in [5.41, 5.74) is 1.85. The molecule has 1 aromatic carbocycles. The van der Waals surface area contributed by atoms with Crippen LogP contribution in [0.5, 0.6) is 0 Å². The summed E-state index contributed by atoms with van der Waals surface area (Å²) in [6, 6.07) is 7.56. The lowest BCUT2D eigenvalue weighted by Gasteiger charge is -2.34. The van der Waals surface area contributed by atoms with Gasteiger partial charge in [0.1, 0.15) is 5.76 Å². The number of aromatic amines is 1. The van der Waals surface area contributed by atoms with Crippen LogP contribution < -0.4 is 5.56 Å². The average Bonchev–Trinajstić information content (AvgIpc) is 2.85. The second-order valence-corrected chi connectivity index (χ2v) is 12.5. The van der Waals surface area contributed by atoms with Crippen LogP contribution in [-0.4, -0.2) is 71.8 Å². The fourth-order valence-corrected chi connectivity index (χ4v) is 6.92. The zero-order valence-electron chi connectivity index (χ0n) is 21.1. The molecular weight excluding hydrogens is 475 g/mol. The highest BCUT2D eigenvalue weighted by Crippen LogP contribution is 2.52. The molecule has 36 heavy (non-hydrogen) atoms. The largest absolute Gasteiger partial charge is 0.437 e. The molecule has 3 aliphatic rings. The van der Waals surface area contributed by atoms with Gasteiger partial charge < -0.3 is 19.3 Å². The third-order valence-corrected chi connectivity index (χ3v) is 9.50. The number of allylic oxidation sites excluding steroid dienone is 2. The van der Waals surface area contributed by atoms with Crippen LogP contribution in [0.1, 0.15) is 30.5 Å². The summed E-state index contributed by atoms with van der Waals surface area (Å²) in [6.07, 6.45) is 8.54. The summed E-state index contributed by atoms with van der Waals surface area (Å²) in [4.78, 5) is 32.7. The molecule has 9 heteroatoms. The minimum atomic E-state index is -3.12. The van der Waals surface area contributed by atoms with Crippen LogP contribution in [0.25, 0.3) is 10.8 Å². The van der Waals surface area contributed by atoms with Crippen LogP contribution >= 0.6 is 7.52 Å². The molecule has 1 amide bonds. The third-order valence-electron chi connectivity index (χ3n) is 7.56. The number of aromatic nitrogens is 1.